The first-order valence-corrected chi connectivity index (χ1v) is 5.84. The lowest BCUT2D eigenvalue weighted by atomic mass is 10.1. The topological polar surface area (TPSA) is 47.9 Å². The Morgan fingerprint density at radius 3 is 2.17 bits per heavy atom. The standard InChI is InChI=1S/C14H18O4/c1-16-12-5-9(4-10-7-11(10)8-15)6-13(17-2)14(12)18-3/h4-6,11,15H,7-8H2,1-3H3/b10-4-. The molecule has 1 aromatic rings. The molecule has 1 N–H and O–H groups in total. The molecule has 4 nitrogen and oxygen atoms in total. The maximum atomic E-state index is 9.03. The van der Waals surface area contributed by atoms with Crippen LogP contribution < -0.4 is 14.2 Å². The fraction of sp³-hybridized carbons (Fsp3) is 0.429. The van der Waals surface area contributed by atoms with Crippen LogP contribution in [0.4, 0.5) is 0 Å². The van der Waals surface area contributed by atoms with Crippen LogP contribution in [0.3, 0.4) is 0 Å². The summed E-state index contributed by atoms with van der Waals surface area (Å²) in [4.78, 5) is 0. The number of methoxy groups -OCH3 is 3. The molecule has 1 fully saturated rings. The van der Waals surface area contributed by atoms with Crippen LogP contribution in [-0.4, -0.2) is 33.0 Å². The molecule has 0 amide bonds. The van der Waals surface area contributed by atoms with Crippen molar-refractivity contribution in [1.29, 1.82) is 0 Å². The van der Waals surface area contributed by atoms with Crippen LogP contribution in [0.25, 0.3) is 6.08 Å². The Labute approximate surface area is 107 Å². The lowest BCUT2D eigenvalue weighted by Crippen LogP contribution is -1.95. The summed E-state index contributed by atoms with van der Waals surface area (Å²) < 4.78 is 15.8. The summed E-state index contributed by atoms with van der Waals surface area (Å²) >= 11 is 0. The normalized spacial score (nSPS) is 19.8. The number of hydrogen-bond acceptors (Lipinski definition) is 4. The molecular formula is C14H18O4. The van der Waals surface area contributed by atoms with Crippen LogP contribution >= 0.6 is 0 Å². The molecule has 0 spiro atoms. The zero-order valence-electron chi connectivity index (χ0n) is 10.9. The number of ether oxygens (including phenoxy) is 3. The Bertz CT molecular complexity index is 440. The zero-order chi connectivity index (χ0) is 13.1. The Kier molecular flexibility index (Phi) is 3.77. The van der Waals surface area contributed by atoms with E-state index >= 15 is 0 Å². The molecule has 4 heteroatoms. The minimum Gasteiger partial charge on any atom is -0.493 e. The third kappa shape index (κ3) is 2.43. The number of aliphatic hydroxyl groups excluding tert-OH is 1. The maximum Gasteiger partial charge on any atom is 0.203 e. The second kappa shape index (κ2) is 5.31. The van der Waals surface area contributed by atoms with Crippen molar-refractivity contribution in [2.45, 2.75) is 6.42 Å². The van der Waals surface area contributed by atoms with E-state index in [-0.39, 0.29) is 6.61 Å². The Hall–Kier alpha value is -1.68. The van der Waals surface area contributed by atoms with E-state index in [4.69, 9.17) is 19.3 Å². The van der Waals surface area contributed by atoms with Gasteiger partial charge in [0.15, 0.2) is 11.5 Å². The van der Waals surface area contributed by atoms with Gasteiger partial charge in [0.2, 0.25) is 5.75 Å². The fourth-order valence-corrected chi connectivity index (χ4v) is 1.98. The molecule has 0 saturated heterocycles. The molecule has 1 saturated carbocycles. The van der Waals surface area contributed by atoms with E-state index in [9.17, 15) is 0 Å². The van der Waals surface area contributed by atoms with Crippen LogP contribution in [0.2, 0.25) is 0 Å². The SMILES string of the molecule is COc1cc(/C=C2/CC2CO)cc(OC)c1OC. The van der Waals surface area contributed by atoms with Crippen molar-refractivity contribution in [2.75, 3.05) is 27.9 Å². The van der Waals surface area contributed by atoms with E-state index in [1.165, 1.54) is 5.57 Å². The Balaban J connectivity index is 2.35. The molecule has 1 aliphatic rings. The Morgan fingerprint density at radius 2 is 1.78 bits per heavy atom. The van der Waals surface area contributed by atoms with Gasteiger partial charge in [-0.3, -0.25) is 0 Å². The monoisotopic (exact) mass is 250 g/mol. The molecule has 0 bridgehead atoms. The van der Waals surface area contributed by atoms with Gasteiger partial charge in [-0.1, -0.05) is 11.6 Å². The zero-order valence-corrected chi connectivity index (χ0v) is 10.9. The molecule has 1 unspecified atom stereocenters. The van der Waals surface area contributed by atoms with E-state index < -0.39 is 0 Å². The van der Waals surface area contributed by atoms with Crippen LogP contribution in [0.1, 0.15) is 12.0 Å². The summed E-state index contributed by atoms with van der Waals surface area (Å²) in [6, 6.07) is 3.81. The maximum absolute atomic E-state index is 9.03. The highest BCUT2D eigenvalue weighted by Crippen LogP contribution is 2.42. The second-order valence-electron chi connectivity index (χ2n) is 4.26. The third-order valence-electron chi connectivity index (χ3n) is 3.11. The predicted molar refractivity (Wildman–Crippen MR) is 69.3 cm³/mol. The van der Waals surface area contributed by atoms with Gasteiger partial charge >= 0.3 is 0 Å². The van der Waals surface area contributed by atoms with Gasteiger partial charge in [-0.15, -0.1) is 0 Å². The van der Waals surface area contributed by atoms with E-state index in [1.807, 2.05) is 12.1 Å². The minimum absolute atomic E-state index is 0.219. The summed E-state index contributed by atoms with van der Waals surface area (Å²) in [6.07, 6.45) is 3.03. The summed E-state index contributed by atoms with van der Waals surface area (Å²) in [6.45, 7) is 0.219. The molecule has 0 aromatic heterocycles. The quantitative estimate of drug-likeness (QED) is 0.869. The van der Waals surface area contributed by atoms with Crippen LogP contribution in [0.5, 0.6) is 17.2 Å². The lowest BCUT2D eigenvalue weighted by molar-refractivity contribution is 0.281. The molecule has 1 aromatic carbocycles. The van der Waals surface area contributed by atoms with Crippen LogP contribution in [0, 0.1) is 5.92 Å². The van der Waals surface area contributed by atoms with Gasteiger partial charge in [-0.25, -0.2) is 0 Å². The molecule has 1 aliphatic carbocycles. The summed E-state index contributed by atoms with van der Waals surface area (Å²) in [5, 5.41) is 9.03. The minimum atomic E-state index is 0.219. The molecule has 0 radical (unpaired) electrons. The van der Waals surface area contributed by atoms with Crippen molar-refractivity contribution in [3.8, 4) is 17.2 Å². The van der Waals surface area contributed by atoms with E-state index in [2.05, 4.69) is 6.08 Å². The number of aliphatic hydroxyl groups is 1. The number of rotatable bonds is 5. The van der Waals surface area contributed by atoms with Crippen molar-refractivity contribution >= 4 is 6.08 Å². The molecule has 98 valence electrons. The molecule has 18 heavy (non-hydrogen) atoms. The number of benzene rings is 1. The van der Waals surface area contributed by atoms with Crippen molar-refractivity contribution in [2.24, 2.45) is 5.92 Å². The average molecular weight is 250 g/mol. The van der Waals surface area contributed by atoms with Gasteiger partial charge in [0, 0.05) is 12.5 Å². The van der Waals surface area contributed by atoms with Gasteiger partial charge < -0.3 is 19.3 Å². The lowest BCUT2D eigenvalue weighted by Gasteiger charge is -2.12. The molecule has 2 rings (SSSR count). The highest BCUT2D eigenvalue weighted by atomic mass is 16.5. The second-order valence-corrected chi connectivity index (χ2v) is 4.26. The highest BCUT2D eigenvalue weighted by molar-refractivity contribution is 5.65. The molecular weight excluding hydrogens is 232 g/mol. The van der Waals surface area contributed by atoms with Gasteiger partial charge in [0.1, 0.15) is 0 Å². The third-order valence-corrected chi connectivity index (χ3v) is 3.11. The number of hydrogen-bond donors (Lipinski definition) is 1. The first-order valence-electron chi connectivity index (χ1n) is 5.84. The smallest absolute Gasteiger partial charge is 0.203 e. The van der Waals surface area contributed by atoms with E-state index in [0.29, 0.717) is 23.2 Å². The van der Waals surface area contributed by atoms with Crippen molar-refractivity contribution < 1.29 is 19.3 Å². The van der Waals surface area contributed by atoms with Gasteiger partial charge in [0.05, 0.1) is 21.3 Å². The summed E-state index contributed by atoms with van der Waals surface area (Å²) in [5.74, 6) is 2.20. The molecule has 0 heterocycles. The van der Waals surface area contributed by atoms with Crippen molar-refractivity contribution in [3.63, 3.8) is 0 Å². The fourth-order valence-electron chi connectivity index (χ4n) is 1.98. The van der Waals surface area contributed by atoms with Crippen molar-refractivity contribution in [1.82, 2.24) is 0 Å². The van der Waals surface area contributed by atoms with Crippen LogP contribution in [0.15, 0.2) is 17.7 Å². The Morgan fingerprint density at radius 1 is 1.17 bits per heavy atom. The van der Waals surface area contributed by atoms with Gasteiger partial charge in [-0.05, 0) is 24.1 Å². The van der Waals surface area contributed by atoms with Gasteiger partial charge in [-0.2, -0.15) is 0 Å². The largest absolute Gasteiger partial charge is 0.493 e. The summed E-state index contributed by atoms with van der Waals surface area (Å²) in [5.41, 5.74) is 2.25. The summed E-state index contributed by atoms with van der Waals surface area (Å²) in [7, 11) is 4.78. The van der Waals surface area contributed by atoms with E-state index in [1.54, 1.807) is 21.3 Å². The van der Waals surface area contributed by atoms with Gasteiger partial charge in [0.25, 0.3) is 0 Å². The van der Waals surface area contributed by atoms with E-state index in [0.717, 1.165) is 12.0 Å². The highest BCUT2D eigenvalue weighted by Gasteiger charge is 2.28. The average Bonchev–Trinajstić information content (AvgIpc) is 3.15. The van der Waals surface area contributed by atoms with Crippen LogP contribution in [-0.2, 0) is 0 Å². The van der Waals surface area contributed by atoms with Crippen molar-refractivity contribution in [3.05, 3.63) is 23.3 Å². The first kappa shape index (κ1) is 12.8. The first-order chi connectivity index (χ1) is 8.73. The predicted octanol–water partition coefficient (Wildman–Crippen LogP) is 2.11. The molecule has 0 aliphatic heterocycles. The molecule has 1 atom stereocenters.